The number of rotatable bonds is 1. The number of hydrogen-bond donors (Lipinski definition) is 0. The Hall–Kier alpha value is -1.43. The minimum atomic E-state index is -2.95. The second-order valence-corrected chi connectivity index (χ2v) is 3.05. The van der Waals surface area contributed by atoms with Crippen LogP contribution in [0.3, 0.4) is 0 Å². The maximum Gasteiger partial charge on any atom is 0.271 e. The molecule has 1 rings (SSSR count). The Kier molecular flexibility index (Phi) is 4.93. The molecule has 0 aliphatic rings. The summed E-state index contributed by atoms with van der Waals surface area (Å²) in [5.41, 5.74) is 0.573. The fourth-order valence-corrected chi connectivity index (χ4v) is 1.12. The summed E-state index contributed by atoms with van der Waals surface area (Å²) in [5.74, 6) is -2.95. The fourth-order valence-electron chi connectivity index (χ4n) is 1.12. The van der Waals surface area contributed by atoms with E-state index >= 15 is 0 Å². The Balaban J connectivity index is 0.000000921. The third kappa shape index (κ3) is 3.67. The highest BCUT2D eigenvalue weighted by atomic mass is 19.3. The number of aryl methyl sites for hydroxylation is 1. The molecule has 0 atom stereocenters. The van der Waals surface area contributed by atoms with Crippen molar-refractivity contribution in [3.63, 3.8) is 0 Å². The second-order valence-electron chi connectivity index (χ2n) is 3.05. The van der Waals surface area contributed by atoms with Crippen molar-refractivity contribution in [1.29, 1.82) is 5.26 Å². The van der Waals surface area contributed by atoms with E-state index in [-0.39, 0.29) is 11.1 Å². The Morgan fingerprint density at radius 2 is 1.80 bits per heavy atom. The zero-order valence-electron chi connectivity index (χ0n) is 9.44. The van der Waals surface area contributed by atoms with E-state index in [1.807, 2.05) is 13.8 Å². The molecule has 0 N–H and O–H groups in total. The van der Waals surface area contributed by atoms with Crippen molar-refractivity contribution in [1.82, 2.24) is 0 Å². The molecule has 1 nitrogen and oxygen atoms in total. The molecule has 3 heteroatoms. The van der Waals surface area contributed by atoms with Gasteiger partial charge >= 0.3 is 0 Å². The number of benzene rings is 1. The van der Waals surface area contributed by atoms with Crippen LogP contribution in [0.4, 0.5) is 8.78 Å². The van der Waals surface area contributed by atoms with Crippen LogP contribution in [0.1, 0.15) is 37.5 Å². The average Bonchev–Trinajstić information content (AvgIpc) is 2.19. The minimum absolute atomic E-state index is 0.0399. The zero-order valence-corrected chi connectivity index (χ0v) is 9.44. The molecule has 1 aromatic rings. The highest BCUT2D eigenvalue weighted by Crippen LogP contribution is 2.30. The van der Waals surface area contributed by atoms with Crippen LogP contribution in [0.25, 0.3) is 0 Å². The molecule has 1 aromatic carbocycles. The van der Waals surface area contributed by atoms with E-state index in [4.69, 9.17) is 5.26 Å². The first-order chi connectivity index (χ1) is 6.95. The Morgan fingerprint density at radius 1 is 1.27 bits per heavy atom. The smallest absolute Gasteiger partial charge is 0.202 e. The highest BCUT2D eigenvalue weighted by Gasteiger charge is 2.27. The van der Waals surface area contributed by atoms with Gasteiger partial charge in [-0.15, -0.1) is 0 Å². The van der Waals surface area contributed by atoms with Crippen LogP contribution in [0.15, 0.2) is 18.2 Å². The van der Waals surface area contributed by atoms with Gasteiger partial charge in [-0.05, 0) is 19.1 Å². The lowest BCUT2D eigenvalue weighted by Gasteiger charge is -2.12. The second kappa shape index (κ2) is 5.45. The fraction of sp³-hybridized carbons (Fsp3) is 0.417. The van der Waals surface area contributed by atoms with Crippen LogP contribution >= 0.6 is 0 Å². The Morgan fingerprint density at radius 3 is 2.20 bits per heavy atom. The molecule has 0 bridgehead atoms. The van der Waals surface area contributed by atoms with Gasteiger partial charge < -0.3 is 0 Å². The summed E-state index contributed by atoms with van der Waals surface area (Å²) in [6, 6.07) is 6.16. The maximum atomic E-state index is 12.9. The number of alkyl halides is 2. The van der Waals surface area contributed by atoms with Crippen LogP contribution in [0, 0.1) is 18.3 Å². The minimum Gasteiger partial charge on any atom is -0.202 e. The summed E-state index contributed by atoms with van der Waals surface area (Å²) in [6.45, 7) is 6.51. The SMILES string of the molecule is CC.Cc1ccc(C#N)c(C(C)(F)F)c1. The molecule has 82 valence electrons. The van der Waals surface area contributed by atoms with Crippen molar-refractivity contribution in [2.75, 3.05) is 0 Å². The highest BCUT2D eigenvalue weighted by molar-refractivity contribution is 5.42. The molecule has 0 saturated carbocycles. The van der Waals surface area contributed by atoms with Crippen molar-refractivity contribution in [2.24, 2.45) is 0 Å². The number of nitrogens with zero attached hydrogens (tertiary/aromatic N) is 1. The molecule has 0 spiro atoms. The normalized spacial score (nSPS) is 9.93. The lowest BCUT2D eigenvalue weighted by molar-refractivity contribution is 0.0171. The van der Waals surface area contributed by atoms with Gasteiger partial charge in [0, 0.05) is 12.5 Å². The standard InChI is InChI=1S/C10H9F2N.C2H6/c1-7-3-4-8(6-13)9(5-7)10(2,11)12;1-2/h3-5H,1-2H3;1-2H3. The average molecular weight is 211 g/mol. The lowest BCUT2D eigenvalue weighted by Crippen LogP contribution is -2.09. The molecule has 0 aliphatic heterocycles. The van der Waals surface area contributed by atoms with Gasteiger partial charge in [0.05, 0.1) is 11.6 Å². The molecule has 0 fully saturated rings. The quantitative estimate of drug-likeness (QED) is 0.688. The molecule has 0 saturated heterocycles. The predicted octanol–water partition coefficient (Wildman–Crippen LogP) is 4.00. The molecule has 0 heterocycles. The Labute approximate surface area is 89.4 Å². The van der Waals surface area contributed by atoms with E-state index in [2.05, 4.69) is 0 Å². The van der Waals surface area contributed by atoms with E-state index in [1.54, 1.807) is 19.1 Å². The van der Waals surface area contributed by atoms with Crippen LogP contribution < -0.4 is 0 Å². The molecule has 0 unspecified atom stereocenters. The first kappa shape index (κ1) is 13.6. The summed E-state index contributed by atoms with van der Waals surface area (Å²) >= 11 is 0. The van der Waals surface area contributed by atoms with Gasteiger partial charge in [-0.2, -0.15) is 5.26 Å². The monoisotopic (exact) mass is 211 g/mol. The van der Waals surface area contributed by atoms with Gasteiger partial charge in [0.2, 0.25) is 0 Å². The van der Waals surface area contributed by atoms with Gasteiger partial charge in [0.25, 0.3) is 5.92 Å². The number of nitriles is 1. The number of hydrogen-bond acceptors (Lipinski definition) is 1. The topological polar surface area (TPSA) is 23.8 Å². The van der Waals surface area contributed by atoms with E-state index < -0.39 is 5.92 Å². The first-order valence-corrected chi connectivity index (χ1v) is 4.84. The zero-order chi connectivity index (χ0) is 12.1. The summed E-state index contributed by atoms with van der Waals surface area (Å²) < 4.78 is 25.9. The molecular weight excluding hydrogens is 196 g/mol. The van der Waals surface area contributed by atoms with Crippen molar-refractivity contribution >= 4 is 0 Å². The van der Waals surface area contributed by atoms with Gasteiger partial charge in [0.1, 0.15) is 0 Å². The summed E-state index contributed by atoms with van der Waals surface area (Å²) in [5, 5.41) is 8.59. The van der Waals surface area contributed by atoms with E-state index in [0.29, 0.717) is 0 Å². The molecule has 15 heavy (non-hydrogen) atoms. The van der Waals surface area contributed by atoms with Gasteiger partial charge in [-0.3, -0.25) is 0 Å². The van der Waals surface area contributed by atoms with Crippen LogP contribution in [-0.4, -0.2) is 0 Å². The van der Waals surface area contributed by atoms with Crippen molar-refractivity contribution in [3.8, 4) is 6.07 Å². The predicted molar refractivity (Wildman–Crippen MR) is 56.8 cm³/mol. The molecule has 0 aliphatic carbocycles. The van der Waals surface area contributed by atoms with Gasteiger partial charge in [-0.25, -0.2) is 8.78 Å². The number of halogens is 2. The summed E-state index contributed by atoms with van der Waals surface area (Å²) in [6.07, 6.45) is 0. The van der Waals surface area contributed by atoms with Gasteiger partial charge in [0.15, 0.2) is 0 Å². The molecule has 0 amide bonds. The summed E-state index contributed by atoms with van der Waals surface area (Å²) in [4.78, 5) is 0. The first-order valence-electron chi connectivity index (χ1n) is 4.84. The van der Waals surface area contributed by atoms with Crippen LogP contribution in [-0.2, 0) is 5.92 Å². The molecule has 0 aromatic heterocycles. The van der Waals surface area contributed by atoms with E-state index in [9.17, 15) is 8.78 Å². The third-order valence-electron chi connectivity index (χ3n) is 1.77. The third-order valence-corrected chi connectivity index (χ3v) is 1.77. The van der Waals surface area contributed by atoms with Crippen molar-refractivity contribution in [3.05, 3.63) is 34.9 Å². The van der Waals surface area contributed by atoms with Crippen LogP contribution in [0.5, 0.6) is 0 Å². The van der Waals surface area contributed by atoms with Crippen molar-refractivity contribution < 1.29 is 8.78 Å². The molecule has 0 radical (unpaired) electrons. The van der Waals surface area contributed by atoms with E-state index in [0.717, 1.165) is 12.5 Å². The van der Waals surface area contributed by atoms with Crippen LogP contribution in [0.2, 0.25) is 0 Å². The lowest BCUT2D eigenvalue weighted by atomic mass is 10.0. The van der Waals surface area contributed by atoms with Gasteiger partial charge in [-0.1, -0.05) is 25.5 Å². The largest absolute Gasteiger partial charge is 0.271 e. The molecular formula is C12H15F2N. The maximum absolute atomic E-state index is 12.9. The van der Waals surface area contributed by atoms with Crippen molar-refractivity contribution in [2.45, 2.75) is 33.6 Å². The Bertz CT molecular complexity index is 359. The van der Waals surface area contributed by atoms with E-state index in [1.165, 1.54) is 12.1 Å². The summed E-state index contributed by atoms with van der Waals surface area (Å²) in [7, 11) is 0.